The number of rotatable bonds is 3. The predicted molar refractivity (Wildman–Crippen MR) is 66.7 cm³/mol. The Kier molecular flexibility index (Phi) is 3.26. The fourth-order valence-corrected chi connectivity index (χ4v) is 2.45. The van der Waals surface area contributed by atoms with Crippen molar-refractivity contribution in [1.82, 2.24) is 19.6 Å². The summed E-state index contributed by atoms with van der Waals surface area (Å²) in [6.07, 6.45) is 0.0364. The number of aromatic nitrogens is 4. The van der Waals surface area contributed by atoms with Crippen LogP contribution in [0.25, 0.3) is 5.65 Å². The highest BCUT2D eigenvalue weighted by Gasteiger charge is 2.45. The molecule has 0 amide bonds. The van der Waals surface area contributed by atoms with Gasteiger partial charge in [-0.15, -0.1) is 0 Å². The van der Waals surface area contributed by atoms with Gasteiger partial charge < -0.3 is 25.4 Å². The Morgan fingerprint density at radius 3 is 3.00 bits per heavy atom. The summed E-state index contributed by atoms with van der Waals surface area (Å²) in [5.74, 6) is 0.201. The van der Waals surface area contributed by atoms with Crippen molar-refractivity contribution < 1.29 is 19.7 Å². The number of nitrogens with two attached hydrogens (primary N) is 1. The molecular formula is C11H15N5O4. The lowest BCUT2D eigenvalue weighted by molar-refractivity contribution is -0.0229. The van der Waals surface area contributed by atoms with E-state index in [0.29, 0.717) is 11.2 Å². The summed E-state index contributed by atoms with van der Waals surface area (Å²) >= 11 is 0. The van der Waals surface area contributed by atoms with Crippen LogP contribution in [0.3, 0.4) is 0 Å². The van der Waals surface area contributed by atoms with Gasteiger partial charge in [0.2, 0.25) is 5.95 Å². The van der Waals surface area contributed by atoms with Crippen LogP contribution in [-0.2, 0) is 9.47 Å². The Hall–Kier alpha value is -1.81. The summed E-state index contributed by atoms with van der Waals surface area (Å²) in [6, 6.07) is 0. The second-order valence-corrected chi connectivity index (χ2v) is 4.54. The summed E-state index contributed by atoms with van der Waals surface area (Å²) in [4.78, 5) is 7.96. The standard InChI is InChI=1S/C11H15N5O4/c1-19-9-7(18)6(3-17)20-8(9)5-2-15-16-10(5)13-4-14-11(16)12/h2,4,6-9,17-18H,3H2,1H3,(H2,12,13,14). The summed E-state index contributed by atoms with van der Waals surface area (Å²) in [6.45, 7) is -0.298. The SMILES string of the molecule is COC1C(c2cnn3c(N)ncnc23)OC(CO)C1O. The van der Waals surface area contributed by atoms with Crippen LogP contribution in [0.15, 0.2) is 12.5 Å². The number of methoxy groups -OCH3 is 1. The summed E-state index contributed by atoms with van der Waals surface area (Å²) < 4.78 is 12.3. The van der Waals surface area contributed by atoms with Gasteiger partial charge in [-0.1, -0.05) is 0 Å². The second-order valence-electron chi connectivity index (χ2n) is 4.54. The minimum Gasteiger partial charge on any atom is -0.394 e. The smallest absolute Gasteiger partial charge is 0.224 e. The maximum absolute atomic E-state index is 10.0. The number of aliphatic hydroxyl groups is 2. The lowest BCUT2D eigenvalue weighted by atomic mass is 10.0. The molecule has 1 saturated heterocycles. The largest absolute Gasteiger partial charge is 0.394 e. The Labute approximate surface area is 114 Å². The molecule has 0 spiro atoms. The molecule has 20 heavy (non-hydrogen) atoms. The van der Waals surface area contributed by atoms with E-state index in [-0.39, 0.29) is 12.6 Å². The molecule has 9 heteroatoms. The molecule has 4 atom stereocenters. The van der Waals surface area contributed by atoms with E-state index in [2.05, 4.69) is 15.1 Å². The third kappa shape index (κ3) is 1.83. The maximum Gasteiger partial charge on any atom is 0.224 e. The zero-order valence-corrected chi connectivity index (χ0v) is 10.7. The van der Waals surface area contributed by atoms with E-state index in [4.69, 9.17) is 15.2 Å². The first-order valence-electron chi connectivity index (χ1n) is 6.08. The van der Waals surface area contributed by atoms with Gasteiger partial charge in [0.05, 0.1) is 12.8 Å². The van der Waals surface area contributed by atoms with Crippen LogP contribution in [-0.4, -0.2) is 61.8 Å². The lowest BCUT2D eigenvalue weighted by Gasteiger charge is -2.17. The molecule has 4 N–H and O–H groups in total. The molecule has 0 bridgehead atoms. The summed E-state index contributed by atoms with van der Waals surface area (Å²) in [5.41, 5.74) is 6.81. The molecule has 0 aliphatic carbocycles. The first kappa shape index (κ1) is 13.2. The molecule has 2 aromatic rings. The zero-order chi connectivity index (χ0) is 14.3. The number of anilines is 1. The maximum atomic E-state index is 10.0. The van der Waals surface area contributed by atoms with Crippen molar-refractivity contribution in [2.75, 3.05) is 19.5 Å². The van der Waals surface area contributed by atoms with Crippen molar-refractivity contribution in [3.63, 3.8) is 0 Å². The molecular weight excluding hydrogens is 266 g/mol. The van der Waals surface area contributed by atoms with Crippen LogP contribution in [0.4, 0.5) is 5.95 Å². The number of nitrogen functional groups attached to an aromatic ring is 1. The minimum atomic E-state index is -0.927. The van der Waals surface area contributed by atoms with Crippen molar-refractivity contribution in [2.45, 2.75) is 24.4 Å². The average molecular weight is 281 g/mol. The van der Waals surface area contributed by atoms with E-state index < -0.39 is 24.4 Å². The van der Waals surface area contributed by atoms with E-state index in [1.807, 2.05) is 0 Å². The van der Waals surface area contributed by atoms with Crippen LogP contribution in [0, 0.1) is 0 Å². The van der Waals surface area contributed by atoms with Crippen LogP contribution in [0.5, 0.6) is 0 Å². The van der Waals surface area contributed by atoms with Gasteiger partial charge in [0.15, 0.2) is 5.65 Å². The van der Waals surface area contributed by atoms with Gasteiger partial charge in [-0.25, -0.2) is 9.97 Å². The average Bonchev–Trinajstić information content (AvgIpc) is 3.00. The van der Waals surface area contributed by atoms with Crippen LogP contribution < -0.4 is 5.73 Å². The van der Waals surface area contributed by atoms with Gasteiger partial charge >= 0.3 is 0 Å². The number of fused-ring (bicyclic) bond motifs is 1. The Morgan fingerprint density at radius 1 is 1.50 bits per heavy atom. The molecule has 4 unspecified atom stereocenters. The van der Waals surface area contributed by atoms with Crippen molar-refractivity contribution in [1.29, 1.82) is 0 Å². The second kappa shape index (κ2) is 4.94. The number of aliphatic hydroxyl groups excluding tert-OH is 2. The van der Waals surface area contributed by atoms with Crippen LogP contribution >= 0.6 is 0 Å². The first-order valence-corrected chi connectivity index (χ1v) is 6.08. The normalized spacial score (nSPS) is 30.1. The minimum absolute atomic E-state index is 0.201. The zero-order valence-electron chi connectivity index (χ0n) is 10.7. The van der Waals surface area contributed by atoms with Crippen molar-refractivity contribution >= 4 is 11.6 Å². The van der Waals surface area contributed by atoms with E-state index in [1.54, 1.807) is 6.20 Å². The first-order chi connectivity index (χ1) is 9.67. The number of hydrogen-bond acceptors (Lipinski definition) is 8. The molecule has 2 aromatic heterocycles. The Morgan fingerprint density at radius 2 is 2.30 bits per heavy atom. The predicted octanol–water partition coefficient (Wildman–Crippen LogP) is -1.49. The monoisotopic (exact) mass is 281 g/mol. The number of hydrogen-bond donors (Lipinski definition) is 3. The molecule has 108 valence electrons. The summed E-state index contributed by atoms with van der Waals surface area (Å²) in [7, 11) is 1.47. The van der Waals surface area contributed by atoms with Crippen LogP contribution in [0.2, 0.25) is 0 Å². The van der Waals surface area contributed by atoms with Gasteiger partial charge in [-0.2, -0.15) is 9.61 Å². The van der Waals surface area contributed by atoms with E-state index in [1.165, 1.54) is 18.0 Å². The van der Waals surface area contributed by atoms with Crippen LogP contribution in [0.1, 0.15) is 11.7 Å². The summed E-state index contributed by atoms with van der Waals surface area (Å²) in [5, 5.41) is 23.4. The Balaban J connectivity index is 2.04. The Bertz CT molecular complexity index is 618. The molecule has 0 aromatic carbocycles. The van der Waals surface area contributed by atoms with Gasteiger partial charge in [-0.3, -0.25) is 0 Å². The number of ether oxygens (including phenoxy) is 2. The quantitative estimate of drug-likeness (QED) is 0.621. The molecule has 9 nitrogen and oxygen atoms in total. The lowest BCUT2D eigenvalue weighted by Crippen LogP contribution is -2.33. The highest BCUT2D eigenvalue weighted by Crippen LogP contribution is 2.36. The third-order valence-corrected chi connectivity index (χ3v) is 3.45. The molecule has 0 radical (unpaired) electrons. The van der Waals surface area contributed by atoms with Crippen molar-refractivity contribution in [3.05, 3.63) is 18.1 Å². The highest BCUT2D eigenvalue weighted by molar-refractivity contribution is 5.50. The van der Waals surface area contributed by atoms with E-state index >= 15 is 0 Å². The fourth-order valence-electron chi connectivity index (χ4n) is 2.45. The van der Waals surface area contributed by atoms with Gasteiger partial charge in [0.1, 0.15) is 30.7 Å². The van der Waals surface area contributed by atoms with E-state index in [0.717, 1.165) is 0 Å². The van der Waals surface area contributed by atoms with Gasteiger partial charge in [-0.05, 0) is 0 Å². The molecule has 3 rings (SSSR count). The molecule has 0 saturated carbocycles. The van der Waals surface area contributed by atoms with Crippen molar-refractivity contribution in [3.8, 4) is 0 Å². The number of nitrogens with zero attached hydrogens (tertiary/aromatic N) is 4. The molecule has 1 fully saturated rings. The molecule has 1 aliphatic heterocycles. The molecule has 3 heterocycles. The topological polar surface area (TPSA) is 128 Å². The van der Waals surface area contributed by atoms with Gasteiger partial charge in [0, 0.05) is 12.7 Å². The van der Waals surface area contributed by atoms with Gasteiger partial charge in [0.25, 0.3) is 0 Å². The third-order valence-electron chi connectivity index (χ3n) is 3.45. The highest BCUT2D eigenvalue weighted by atomic mass is 16.6. The van der Waals surface area contributed by atoms with Crippen molar-refractivity contribution in [2.24, 2.45) is 0 Å². The fraction of sp³-hybridized carbons (Fsp3) is 0.545. The van der Waals surface area contributed by atoms with E-state index in [9.17, 15) is 10.2 Å². The molecule has 1 aliphatic rings.